The van der Waals surface area contributed by atoms with Crippen LogP contribution >= 0.6 is 11.3 Å². The lowest BCUT2D eigenvalue weighted by molar-refractivity contribution is -0.127. The molecule has 1 saturated heterocycles. The maximum atomic E-state index is 12.7. The number of amides is 2. The monoisotopic (exact) mass is 347 g/mol. The first-order valence-corrected chi connectivity index (χ1v) is 9.01. The number of oxazole rings is 1. The maximum absolute atomic E-state index is 12.7. The normalized spacial score (nSPS) is 19.1. The highest BCUT2D eigenvalue weighted by molar-refractivity contribution is 7.12. The van der Waals surface area contributed by atoms with Gasteiger partial charge < -0.3 is 14.6 Å². The van der Waals surface area contributed by atoms with Gasteiger partial charge in [-0.15, -0.1) is 11.3 Å². The van der Waals surface area contributed by atoms with Gasteiger partial charge in [0.2, 0.25) is 11.8 Å². The molecule has 2 aromatic rings. The molecular formula is C17H21N3O3S. The Kier molecular flexibility index (Phi) is 4.99. The van der Waals surface area contributed by atoms with Crippen molar-refractivity contribution in [3.8, 4) is 0 Å². The highest BCUT2D eigenvalue weighted by Gasteiger charge is 2.33. The lowest BCUT2D eigenvalue weighted by Gasteiger charge is -2.34. The molecule has 128 valence electrons. The molecular weight excluding hydrogens is 326 g/mol. The number of aromatic nitrogens is 1. The van der Waals surface area contributed by atoms with Crippen molar-refractivity contribution in [1.82, 2.24) is 15.2 Å². The van der Waals surface area contributed by atoms with Crippen molar-refractivity contribution in [2.45, 2.75) is 45.2 Å². The van der Waals surface area contributed by atoms with Crippen molar-refractivity contribution < 1.29 is 14.0 Å². The average molecular weight is 347 g/mol. The standard InChI is InChI=1S/C17H21N3O3S/c1-11-10-18-16(23-11)12(2)19-15(21)13-6-3-4-8-20(13)17(22)14-7-5-9-24-14/h5,7,9-10,12-13H,3-4,6,8H2,1-2H3,(H,19,21). The van der Waals surface area contributed by atoms with Crippen molar-refractivity contribution in [3.63, 3.8) is 0 Å². The molecule has 0 spiro atoms. The number of nitrogens with one attached hydrogen (secondary N) is 1. The number of nitrogens with zero attached hydrogens (tertiary/aromatic N) is 2. The molecule has 0 aliphatic carbocycles. The summed E-state index contributed by atoms with van der Waals surface area (Å²) in [5.41, 5.74) is 0. The van der Waals surface area contributed by atoms with Crippen LogP contribution in [0, 0.1) is 6.92 Å². The molecule has 0 aromatic carbocycles. The van der Waals surface area contributed by atoms with Gasteiger partial charge in [-0.25, -0.2) is 4.98 Å². The first kappa shape index (κ1) is 16.7. The van der Waals surface area contributed by atoms with Gasteiger partial charge in [0.15, 0.2) is 0 Å². The fourth-order valence-corrected chi connectivity index (χ4v) is 3.61. The molecule has 1 aliphatic heterocycles. The first-order valence-electron chi connectivity index (χ1n) is 8.13. The molecule has 0 bridgehead atoms. The van der Waals surface area contributed by atoms with Gasteiger partial charge in [0.05, 0.1) is 11.1 Å². The number of hydrogen-bond donors (Lipinski definition) is 1. The van der Waals surface area contributed by atoms with E-state index in [1.54, 1.807) is 17.2 Å². The summed E-state index contributed by atoms with van der Waals surface area (Å²) >= 11 is 1.40. The number of carbonyl (C=O) groups is 2. The van der Waals surface area contributed by atoms with Crippen molar-refractivity contribution in [2.24, 2.45) is 0 Å². The largest absolute Gasteiger partial charge is 0.444 e. The average Bonchev–Trinajstić information content (AvgIpc) is 3.25. The van der Waals surface area contributed by atoms with Crippen LogP contribution in [0.2, 0.25) is 0 Å². The van der Waals surface area contributed by atoms with Crippen LogP contribution in [0.3, 0.4) is 0 Å². The SMILES string of the molecule is Cc1cnc(C(C)NC(=O)C2CCCCN2C(=O)c2cccs2)o1. The lowest BCUT2D eigenvalue weighted by Crippen LogP contribution is -2.52. The van der Waals surface area contributed by atoms with E-state index in [9.17, 15) is 9.59 Å². The number of rotatable bonds is 4. The van der Waals surface area contributed by atoms with Crippen LogP contribution in [0.15, 0.2) is 28.1 Å². The Bertz CT molecular complexity index is 710. The zero-order valence-corrected chi connectivity index (χ0v) is 14.6. The molecule has 2 amide bonds. The third-order valence-electron chi connectivity index (χ3n) is 4.17. The summed E-state index contributed by atoms with van der Waals surface area (Å²) in [5, 5.41) is 4.80. The number of piperidine rings is 1. The molecule has 3 rings (SSSR count). The second-order valence-corrected chi connectivity index (χ2v) is 6.97. The van der Waals surface area contributed by atoms with E-state index in [2.05, 4.69) is 10.3 Å². The summed E-state index contributed by atoms with van der Waals surface area (Å²) in [6.07, 6.45) is 4.18. The van der Waals surface area contributed by atoms with Gasteiger partial charge in [0.1, 0.15) is 17.8 Å². The topological polar surface area (TPSA) is 75.4 Å². The Labute approximate surface area is 144 Å². The minimum atomic E-state index is -0.438. The lowest BCUT2D eigenvalue weighted by atomic mass is 10.0. The van der Waals surface area contributed by atoms with Crippen LogP contribution in [0.4, 0.5) is 0 Å². The Hall–Kier alpha value is -2.15. The molecule has 2 atom stereocenters. The third-order valence-corrected chi connectivity index (χ3v) is 5.02. The summed E-state index contributed by atoms with van der Waals surface area (Å²) in [7, 11) is 0. The fourth-order valence-electron chi connectivity index (χ4n) is 2.93. The molecule has 0 saturated carbocycles. The van der Waals surface area contributed by atoms with Crippen LogP contribution in [0.5, 0.6) is 0 Å². The molecule has 1 fully saturated rings. The predicted molar refractivity (Wildman–Crippen MR) is 90.8 cm³/mol. The Morgan fingerprint density at radius 2 is 2.29 bits per heavy atom. The summed E-state index contributed by atoms with van der Waals surface area (Å²) in [6.45, 7) is 4.26. The molecule has 1 aliphatic rings. The van der Waals surface area contributed by atoms with Crippen LogP contribution in [0.1, 0.15) is 53.6 Å². The molecule has 0 radical (unpaired) electrons. The zero-order valence-electron chi connectivity index (χ0n) is 13.8. The van der Waals surface area contributed by atoms with Crippen LogP contribution in [-0.4, -0.2) is 34.3 Å². The quantitative estimate of drug-likeness (QED) is 0.923. The van der Waals surface area contributed by atoms with E-state index in [0.717, 1.165) is 12.8 Å². The van der Waals surface area contributed by atoms with E-state index in [1.807, 2.05) is 25.3 Å². The van der Waals surface area contributed by atoms with Gasteiger partial charge in [0.25, 0.3) is 5.91 Å². The van der Waals surface area contributed by atoms with E-state index in [-0.39, 0.29) is 17.9 Å². The van der Waals surface area contributed by atoms with Gasteiger partial charge in [-0.2, -0.15) is 0 Å². The summed E-state index contributed by atoms with van der Waals surface area (Å²) in [6, 6.07) is 2.89. The molecule has 6 nitrogen and oxygen atoms in total. The Morgan fingerprint density at radius 1 is 1.46 bits per heavy atom. The molecule has 3 heterocycles. The van der Waals surface area contributed by atoms with E-state index >= 15 is 0 Å². The van der Waals surface area contributed by atoms with Gasteiger partial charge in [0, 0.05) is 6.54 Å². The molecule has 2 unspecified atom stereocenters. The summed E-state index contributed by atoms with van der Waals surface area (Å²) in [4.78, 5) is 31.9. The molecule has 7 heteroatoms. The highest BCUT2D eigenvalue weighted by atomic mass is 32.1. The summed E-state index contributed by atoms with van der Waals surface area (Å²) in [5.74, 6) is 0.971. The second kappa shape index (κ2) is 7.17. The highest BCUT2D eigenvalue weighted by Crippen LogP contribution is 2.23. The van der Waals surface area contributed by atoms with Crippen molar-refractivity contribution in [2.75, 3.05) is 6.54 Å². The molecule has 24 heavy (non-hydrogen) atoms. The van der Waals surface area contributed by atoms with E-state index in [1.165, 1.54) is 11.3 Å². The third kappa shape index (κ3) is 3.51. The zero-order chi connectivity index (χ0) is 17.1. The van der Waals surface area contributed by atoms with Crippen molar-refractivity contribution >= 4 is 23.2 Å². The number of aryl methyl sites for hydroxylation is 1. The van der Waals surface area contributed by atoms with E-state index in [0.29, 0.717) is 29.5 Å². The van der Waals surface area contributed by atoms with Gasteiger partial charge >= 0.3 is 0 Å². The Balaban J connectivity index is 1.70. The van der Waals surface area contributed by atoms with E-state index in [4.69, 9.17) is 4.42 Å². The number of thiophene rings is 1. The van der Waals surface area contributed by atoms with Gasteiger partial charge in [-0.05, 0) is 44.6 Å². The molecule has 2 aromatic heterocycles. The first-order chi connectivity index (χ1) is 11.6. The minimum absolute atomic E-state index is 0.0653. The van der Waals surface area contributed by atoms with Gasteiger partial charge in [-0.3, -0.25) is 9.59 Å². The van der Waals surface area contributed by atoms with Crippen LogP contribution in [0.25, 0.3) is 0 Å². The summed E-state index contributed by atoms with van der Waals surface area (Å²) < 4.78 is 5.46. The van der Waals surface area contributed by atoms with Crippen LogP contribution < -0.4 is 5.32 Å². The number of hydrogen-bond acceptors (Lipinski definition) is 5. The van der Waals surface area contributed by atoms with Crippen LogP contribution in [-0.2, 0) is 4.79 Å². The number of likely N-dealkylation sites (tertiary alicyclic amines) is 1. The second-order valence-electron chi connectivity index (χ2n) is 6.03. The molecule has 1 N–H and O–H groups in total. The number of carbonyl (C=O) groups excluding carboxylic acids is 2. The fraction of sp³-hybridized carbons (Fsp3) is 0.471. The predicted octanol–water partition coefficient (Wildman–Crippen LogP) is 2.92. The smallest absolute Gasteiger partial charge is 0.264 e. The van der Waals surface area contributed by atoms with Crippen molar-refractivity contribution in [1.29, 1.82) is 0 Å². The minimum Gasteiger partial charge on any atom is -0.444 e. The Morgan fingerprint density at radius 3 is 2.96 bits per heavy atom. The van der Waals surface area contributed by atoms with Crippen molar-refractivity contribution in [3.05, 3.63) is 40.2 Å². The maximum Gasteiger partial charge on any atom is 0.264 e. The van der Waals surface area contributed by atoms with Gasteiger partial charge in [-0.1, -0.05) is 6.07 Å². The van der Waals surface area contributed by atoms with E-state index < -0.39 is 6.04 Å².